The van der Waals surface area contributed by atoms with E-state index < -0.39 is 18.1 Å². The van der Waals surface area contributed by atoms with Gasteiger partial charge in [-0.15, -0.1) is 0 Å². The summed E-state index contributed by atoms with van der Waals surface area (Å²) >= 11 is 0. The Morgan fingerprint density at radius 1 is 1.36 bits per heavy atom. The van der Waals surface area contributed by atoms with Gasteiger partial charge in [0.1, 0.15) is 0 Å². The SMILES string of the molecule is [2H]c1c([2H])c([2H])c2nc(C(=O)O)c(C)nc2c1[2H]. The van der Waals surface area contributed by atoms with Crippen molar-refractivity contribution < 1.29 is 15.4 Å². The monoisotopic (exact) mass is 192 g/mol. The maximum absolute atomic E-state index is 10.9. The van der Waals surface area contributed by atoms with E-state index in [1.807, 2.05) is 0 Å². The first-order chi connectivity index (χ1) is 8.34. The van der Waals surface area contributed by atoms with Gasteiger partial charge in [0.05, 0.1) is 22.2 Å². The molecule has 4 heteroatoms. The molecule has 4 nitrogen and oxygen atoms in total. The molecule has 1 N–H and O–H groups in total. The van der Waals surface area contributed by atoms with Crippen LogP contribution in [-0.4, -0.2) is 21.0 Å². The standard InChI is InChI=1S/C10H8N2O2/c1-6-9(10(13)14)12-8-5-3-2-4-7(8)11-6/h2-5H,1H3,(H,13,14)/i2D,3D,4D,5D. The van der Waals surface area contributed by atoms with E-state index in [1.165, 1.54) is 6.92 Å². The van der Waals surface area contributed by atoms with Crippen LogP contribution in [0.5, 0.6) is 0 Å². The van der Waals surface area contributed by atoms with Crippen LogP contribution in [0.25, 0.3) is 11.0 Å². The molecule has 0 amide bonds. The first-order valence-electron chi connectivity index (χ1n) is 5.82. The number of carboxylic acids is 1. The fraction of sp³-hybridized carbons (Fsp3) is 0.100. The molecule has 0 aliphatic rings. The van der Waals surface area contributed by atoms with Crippen LogP contribution < -0.4 is 0 Å². The zero-order chi connectivity index (χ0) is 13.6. The van der Waals surface area contributed by atoms with E-state index in [0.717, 1.165) is 0 Å². The Labute approximate surface area is 85.9 Å². The topological polar surface area (TPSA) is 63.1 Å². The second-order valence-corrected chi connectivity index (χ2v) is 2.66. The Balaban J connectivity index is 2.98. The Kier molecular flexibility index (Phi) is 1.10. The fourth-order valence-electron chi connectivity index (χ4n) is 1.08. The normalized spacial score (nSPS) is 14.4. The summed E-state index contributed by atoms with van der Waals surface area (Å²) < 4.78 is 30.3. The van der Waals surface area contributed by atoms with Crippen LogP contribution in [0, 0.1) is 6.92 Å². The minimum Gasteiger partial charge on any atom is -0.476 e. The highest BCUT2D eigenvalue weighted by molar-refractivity contribution is 5.89. The molecule has 1 heterocycles. The molecule has 0 atom stereocenters. The van der Waals surface area contributed by atoms with Crippen molar-refractivity contribution in [2.45, 2.75) is 6.92 Å². The summed E-state index contributed by atoms with van der Waals surface area (Å²) in [6, 6.07) is -1.58. The summed E-state index contributed by atoms with van der Waals surface area (Å²) in [6.07, 6.45) is 0. The van der Waals surface area contributed by atoms with Crippen molar-refractivity contribution in [2.75, 3.05) is 0 Å². The van der Waals surface area contributed by atoms with Gasteiger partial charge in [-0.05, 0) is 19.0 Å². The lowest BCUT2D eigenvalue weighted by atomic mass is 10.2. The van der Waals surface area contributed by atoms with Crippen LogP contribution in [-0.2, 0) is 0 Å². The molecule has 0 fully saturated rings. The molecule has 1 aromatic carbocycles. The third-order valence-electron chi connectivity index (χ3n) is 1.70. The Morgan fingerprint density at radius 3 is 2.50 bits per heavy atom. The maximum atomic E-state index is 10.9. The molecule has 2 rings (SSSR count). The van der Waals surface area contributed by atoms with Crippen LogP contribution in [0.2, 0.25) is 0 Å². The van der Waals surface area contributed by atoms with Gasteiger partial charge in [-0.3, -0.25) is 0 Å². The van der Waals surface area contributed by atoms with E-state index in [9.17, 15) is 4.79 Å². The van der Waals surface area contributed by atoms with Crippen molar-refractivity contribution in [3.05, 3.63) is 35.6 Å². The number of hydrogen-bond acceptors (Lipinski definition) is 3. The number of carboxylic acid groups (broad SMARTS) is 1. The van der Waals surface area contributed by atoms with Crippen LogP contribution >= 0.6 is 0 Å². The molecule has 0 bridgehead atoms. The fourth-order valence-corrected chi connectivity index (χ4v) is 1.08. The van der Waals surface area contributed by atoms with E-state index >= 15 is 0 Å². The minimum atomic E-state index is -1.28. The second kappa shape index (κ2) is 3.06. The molecule has 0 spiro atoms. The number of carbonyl (C=O) groups is 1. The molecular weight excluding hydrogens is 180 g/mol. The predicted octanol–water partition coefficient (Wildman–Crippen LogP) is 1.64. The molecule has 0 saturated heterocycles. The first kappa shape index (κ1) is 5.05. The number of aromatic nitrogens is 2. The van der Waals surface area contributed by atoms with Gasteiger partial charge in [0, 0.05) is 0 Å². The Hall–Kier alpha value is -1.97. The average Bonchev–Trinajstić information content (AvgIpc) is 2.33. The van der Waals surface area contributed by atoms with E-state index in [4.69, 9.17) is 10.6 Å². The number of aromatic carboxylic acids is 1. The molecule has 0 radical (unpaired) electrons. The third-order valence-corrected chi connectivity index (χ3v) is 1.70. The predicted molar refractivity (Wildman–Crippen MR) is 51.2 cm³/mol. The van der Waals surface area contributed by atoms with Gasteiger partial charge in [0.15, 0.2) is 5.69 Å². The van der Waals surface area contributed by atoms with Gasteiger partial charge in [0.2, 0.25) is 0 Å². The molecule has 0 aliphatic heterocycles. The number of benzene rings is 1. The zero-order valence-electron chi connectivity index (χ0n) is 11.2. The summed E-state index contributed by atoms with van der Waals surface area (Å²) in [5, 5.41) is 8.91. The van der Waals surface area contributed by atoms with Crippen molar-refractivity contribution in [3.8, 4) is 0 Å². The summed E-state index contributed by atoms with van der Waals surface area (Å²) in [4.78, 5) is 18.6. The summed E-state index contributed by atoms with van der Waals surface area (Å²) in [7, 11) is 0. The maximum Gasteiger partial charge on any atom is 0.356 e. The van der Waals surface area contributed by atoms with Crippen LogP contribution in [0.3, 0.4) is 0 Å². The molecule has 0 aliphatic carbocycles. The number of aryl methyl sites for hydroxylation is 1. The van der Waals surface area contributed by atoms with Gasteiger partial charge >= 0.3 is 5.97 Å². The van der Waals surface area contributed by atoms with Crippen molar-refractivity contribution in [1.29, 1.82) is 0 Å². The highest BCUT2D eigenvalue weighted by atomic mass is 16.4. The van der Waals surface area contributed by atoms with Crippen LogP contribution in [0.4, 0.5) is 0 Å². The molecule has 2 aromatic rings. The second-order valence-electron chi connectivity index (χ2n) is 2.66. The number of para-hydroxylation sites is 2. The number of nitrogens with zero attached hydrogens (tertiary/aromatic N) is 2. The highest BCUT2D eigenvalue weighted by Gasteiger charge is 2.10. The summed E-state index contributed by atoms with van der Waals surface area (Å²) in [5.74, 6) is -1.28. The number of hydrogen-bond donors (Lipinski definition) is 1. The van der Waals surface area contributed by atoms with Crippen LogP contribution in [0.1, 0.15) is 21.7 Å². The highest BCUT2D eigenvalue weighted by Crippen LogP contribution is 2.11. The van der Waals surface area contributed by atoms with Crippen LogP contribution in [0.15, 0.2) is 24.2 Å². The smallest absolute Gasteiger partial charge is 0.356 e. The molecule has 70 valence electrons. The minimum absolute atomic E-state index is 0.0245. The van der Waals surface area contributed by atoms with E-state index in [2.05, 4.69) is 9.97 Å². The van der Waals surface area contributed by atoms with Gasteiger partial charge in [-0.2, -0.15) is 0 Å². The van der Waals surface area contributed by atoms with E-state index in [0.29, 0.717) is 0 Å². The van der Waals surface area contributed by atoms with Gasteiger partial charge in [-0.1, -0.05) is 12.1 Å². The quantitative estimate of drug-likeness (QED) is 0.746. The van der Waals surface area contributed by atoms with Gasteiger partial charge in [-0.25, -0.2) is 14.8 Å². The molecular formula is C10H8N2O2. The van der Waals surface area contributed by atoms with Gasteiger partial charge in [0.25, 0.3) is 0 Å². The zero-order valence-corrected chi connectivity index (χ0v) is 7.25. The largest absolute Gasteiger partial charge is 0.476 e. The summed E-state index contributed by atoms with van der Waals surface area (Å²) in [5.41, 5.74) is -0.361. The molecule has 0 saturated carbocycles. The number of rotatable bonds is 1. The molecule has 0 unspecified atom stereocenters. The van der Waals surface area contributed by atoms with E-state index in [-0.39, 0.29) is 34.5 Å². The van der Waals surface area contributed by atoms with Gasteiger partial charge < -0.3 is 5.11 Å². The molecule has 1 aromatic heterocycles. The van der Waals surface area contributed by atoms with Crippen molar-refractivity contribution in [3.63, 3.8) is 0 Å². The van der Waals surface area contributed by atoms with Crippen molar-refractivity contribution >= 4 is 17.0 Å². The Morgan fingerprint density at radius 2 is 1.93 bits per heavy atom. The average molecular weight is 192 g/mol. The Bertz CT molecular complexity index is 688. The van der Waals surface area contributed by atoms with E-state index in [1.54, 1.807) is 0 Å². The lowest BCUT2D eigenvalue weighted by Crippen LogP contribution is -2.05. The van der Waals surface area contributed by atoms with Crippen molar-refractivity contribution in [2.24, 2.45) is 0 Å². The van der Waals surface area contributed by atoms with Crippen molar-refractivity contribution in [1.82, 2.24) is 9.97 Å². The summed E-state index contributed by atoms with van der Waals surface area (Å²) in [6.45, 7) is 1.43. The number of fused-ring (bicyclic) bond motifs is 1. The molecule has 14 heavy (non-hydrogen) atoms. The lowest BCUT2D eigenvalue weighted by Gasteiger charge is -2.01. The first-order valence-corrected chi connectivity index (χ1v) is 3.82. The lowest BCUT2D eigenvalue weighted by molar-refractivity contribution is 0.0689. The third kappa shape index (κ3) is 1.31.